The first-order valence-corrected chi connectivity index (χ1v) is 7.80. The number of aromatic nitrogens is 6. The molecule has 0 bridgehead atoms. The Balaban J connectivity index is 1.88. The lowest BCUT2D eigenvalue weighted by molar-refractivity contribution is 0.740. The lowest BCUT2D eigenvalue weighted by Gasteiger charge is -1.97. The molecule has 0 saturated heterocycles. The highest BCUT2D eigenvalue weighted by Crippen LogP contribution is 2.29. The van der Waals surface area contributed by atoms with Crippen molar-refractivity contribution in [2.24, 2.45) is 7.05 Å². The van der Waals surface area contributed by atoms with Gasteiger partial charge in [-0.3, -0.25) is 4.68 Å². The second kappa shape index (κ2) is 4.89. The van der Waals surface area contributed by atoms with Crippen molar-refractivity contribution in [2.75, 3.05) is 0 Å². The largest absolute Gasteiger partial charge is 0.272 e. The van der Waals surface area contributed by atoms with Gasteiger partial charge in [-0.1, -0.05) is 35.1 Å². The maximum Gasteiger partial charge on any atom is 0.235 e. The van der Waals surface area contributed by atoms with Crippen molar-refractivity contribution in [1.82, 2.24) is 29.6 Å². The molecule has 8 heteroatoms. The van der Waals surface area contributed by atoms with E-state index in [-0.39, 0.29) is 0 Å². The van der Waals surface area contributed by atoms with Gasteiger partial charge in [0.25, 0.3) is 0 Å². The van der Waals surface area contributed by atoms with Crippen molar-refractivity contribution in [3.63, 3.8) is 0 Å². The zero-order chi connectivity index (χ0) is 15.3. The molecule has 0 saturated carbocycles. The molecule has 0 aliphatic rings. The molecule has 4 aromatic rings. The van der Waals surface area contributed by atoms with Gasteiger partial charge < -0.3 is 0 Å². The summed E-state index contributed by atoms with van der Waals surface area (Å²) in [6.07, 6.45) is 1.78. The minimum atomic E-state index is 0.687. The first kappa shape index (κ1) is 13.4. The lowest BCUT2D eigenvalue weighted by atomic mass is 10.2. The van der Waals surface area contributed by atoms with Crippen molar-refractivity contribution in [2.45, 2.75) is 6.92 Å². The van der Waals surface area contributed by atoms with Crippen LogP contribution in [0.2, 0.25) is 5.02 Å². The van der Waals surface area contributed by atoms with Crippen LogP contribution in [0.3, 0.4) is 0 Å². The number of rotatable bonds is 2. The summed E-state index contributed by atoms with van der Waals surface area (Å²) in [6.45, 7) is 1.99. The molecule has 0 fully saturated rings. The van der Waals surface area contributed by atoms with E-state index in [1.807, 2.05) is 38.2 Å². The summed E-state index contributed by atoms with van der Waals surface area (Å²) >= 11 is 7.53. The van der Waals surface area contributed by atoms with Crippen LogP contribution in [0.5, 0.6) is 0 Å². The van der Waals surface area contributed by atoms with Gasteiger partial charge in [-0.25, -0.2) is 0 Å². The van der Waals surface area contributed by atoms with Crippen molar-refractivity contribution < 1.29 is 0 Å². The monoisotopic (exact) mass is 330 g/mol. The summed E-state index contributed by atoms with van der Waals surface area (Å²) in [7, 11) is 1.90. The molecule has 1 aromatic carbocycles. The van der Waals surface area contributed by atoms with Gasteiger partial charge in [0, 0.05) is 23.3 Å². The van der Waals surface area contributed by atoms with E-state index in [9.17, 15) is 0 Å². The Hall–Kier alpha value is -2.25. The van der Waals surface area contributed by atoms with Gasteiger partial charge in [0.2, 0.25) is 4.96 Å². The average Bonchev–Trinajstić information content (AvgIpc) is 3.16. The van der Waals surface area contributed by atoms with Crippen molar-refractivity contribution in [3.8, 4) is 22.0 Å². The van der Waals surface area contributed by atoms with Crippen molar-refractivity contribution in [3.05, 3.63) is 41.2 Å². The third kappa shape index (κ3) is 2.01. The van der Waals surface area contributed by atoms with Crippen LogP contribution in [0.4, 0.5) is 0 Å². The molecule has 3 aromatic heterocycles. The maximum absolute atomic E-state index is 6.05. The Labute approximate surface area is 135 Å². The number of benzene rings is 1. The number of hydrogen-bond acceptors (Lipinski definition) is 5. The van der Waals surface area contributed by atoms with Crippen LogP contribution in [-0.2, 0) is 7.05 Å². The molecule has 0 aliphatic carbocycles. The molecule has 0 spiro atoms. The van der Waals surface area contributed by atoms with Crippen molar-refractivity contribution >= 4 is 27.9 Å². The predicted octanol–water partition coefficient (Wildman–Crippen LogP) is 3.22. The van der Waals surface area contributed by atoms with Crippen LogP contribution in [0, 0.1) is 6.92 Å². The second-order valence-electron chi connectivity index (χ2n) is 4.90. The molecule has 0 amide bonds. The smallest absolute Gasteiger partial charge is 0.235 e. The fraction of sp³-hybridized carbons (Fsp3) is 0.143. The molecule has 4 rings (SSSR count). The number of aryl methyl sites for hydroxylation is 1. The highest BCUT2D eigenvalue weighted by Gasteiger charge is 2.17. The fourth-order valence-corrected chi connectivity index (χ4v) is 3.27. The molecule has 6 nitrogen and oxygen atoms in total. The van der Waals surface area contributed by atoms with Gasteiger partial charge >= 0.3 is 0 Å². The van der Waals surface area contributed by atoms with Crippen LogP contribution in [0.15, 0.2) is 30.5 Å². The van der Waals surface area contributed by atoms with E-state index in [2.05, 4.69) is 20.4 Å². The van der Waals surface area contributed by atoms with E-state index in [1.165, 1.54) is 11.3 Å². The molecule has 110 valence electrons. The standard InChI is InChI=1S/C14H11ClN6S/c1-8-11(7-16-20(8)2)12-17-18-14-21(12)19-13(22-14)9-4-3-5-10(15)6-9/h3-7H,1-2H3. The molecule has 0 radical (unpaired) electrons. The molecule has 0 unspecified atom stereocenters. The van der Waals surface area contributed by atoms with Gasteiger partial charge in [-0.05, 0) is 19.1 Å². The highest BCUT2D eigenvalue weighted by atomic mass is 35.5. The van der Waals surface area contributed by atoms with E-state index in [1.54, 1.807) is 15.4 Å². The summed E-state index contributed by atoms with van der Waals surface area (Å²) in [5.41, 5.74) is 2.92. The number of fused-ring (bicyclic) bond motifs is 1. The normalized spacial score (nSPS) is 11.4. The van der Waals surface area contributed by atoms with Crippen LogP contribution >= 0.6 is 22.9 Å². The van der Waals surface area contributed by atoms with Gasteiger partial charge in [0.1, 0.15) is 5.01 Å². The molecule has 22 heavy (non-hydrogen) atoms. The molecular weight excluding hydrogens is 320 g/mol. The number of halogens is 1. The molecule has 0 atom stereocenters. The van der Waals surface area contributed by atoms with Crippen LogP contribution in [0.1, 0.15) is 5.69 Å². The topological polar surface area (TPSA) is 60.9 Å². The minimum Gasteiger partial charge on any atom is -0.272 e. The first-order chi connectivity index (χ1) is 10.6. The molecule has 0 N–H and O–H groups in total. The first-order valence-electron chi connectivity index (χ1n) is 6.60. The van der Waals surface area contributed by atoms with E-state index in [4.69, 9.17) is 11.6 Å². The van der Waals surface area contributed by atoms with Gasteiger partial charge in [-0.15, -0.1) is 10.2 Å². The quantitative estimate of drug-likeness (QED) is 0.566. The molecular formula is C14H11ClN6S. The lowest BCUT2D eigenvalue weighted by Crippen LogP contribution is -1.95. The Kier molecular flexibility index (Phi) is 2.98. The Bertz CT molecular complexity index is 982. The minimum absolute atomic E-state index is 0.687. The highest BCUT2D eigenvalue weighted by molar-refractivity contribution is 7.19. The predicted molar refractivity (Wildman–Crippen MR) is 86.0 cm³/mol. The summed E-state index contributed by atoms with van der Waals surface area (Å²) in [5, 5.41) is 18.9. The van der Waals surface area contributed by atoms with Gasteiger partial charge in [0.05, 0.1) is 11.8 Å². The van der Waals surface area contributed by atoms with Gasteiger partial charge in [-0.2, -0.15) is 14.7 Å². The molecule has 0 aliphatic heterocycles. The second-order valence-corrected chi connectivity index (χ2v) is 6.30. The summed E-state index contributed by atoms with van der Waals surface area (Å²) in [4.78, 5) is 0.744. The van der Waals surface area contributed by atoms with Crippen LogP contribution in [0.25, 0.3) is 26.9 Å². The summed E-state index contributed by atoms with van der Waals surface area (Å²) in [5.74, 6) is 0.699. The SMILES string of the molecule is Cc1c(-c2nnc3sc(-c4cccc(Cl)c4)nn23)cnn1C. The van der Waals surface area contributed by atoms with E-state index >= 15 is 0 Å². The third-order valence-electron chi connectivity index (χ3n) is 3.54. The zero-order valence-corrected chi connectivity index (χ0v) is 13.4. The Morgan fingerprint density at radius 3 is 2.82 bits per heavy atom. The maximum atomic E-state index is 6.05. The Morgan fingerprint density at radius 2 is 2.09 bits per heavy atom. The van der Waals surface area contributed by atoms with Crippen LogP contribution in [-0.4, -0.2) is 29.6 Å². The van der Waals surface area contributed by atoms with Gasteiger partial charge in [0.15, 0.2) is 5.82 Å². The average molecular weight is 331 g/mol. The summed E-state index contributed by atoms with van der Waals surface area (Å²) in [6, 6.07) is 7.62. The van der Waals surface area contributed by atoms with Crippen molar-refractivity contribution in [1.29, 1.82) is 0 Å². The Morgan fingerprint density at radius 1 is 1.23 bits per heavy atom. The number of hydrogen-bond donors (Lipinski definition) is 0. The number of nitrogens with zero attached hydrogens (tertiary/aromatic N) is 6. The van der Waals surface area contributed by atoms with E-state index in [0.717, 1.165) is 26.8 Å². The van der Waals surface area contributed by atoms with E-state index < -0.39 is 0 Å². The fourth-order valence-electron chi connectivity index (χ4n) is 2.24. The van der Waals surface area contributed by atoms with E-state index in [0.29, 0.717) is 10.8 Å². The summed E-state index contributed by atoms with van der Waals surface area (Å²) < 4.78 is 3.56. The zero-order valence-electron chi connectivity index (χ0n) is 11.9. The van der Waals surface area contributed by atoms with Crippen LogP contribution < -0.4 is 0 Å². The third-order valence-corrected chi connectivity index (χ3v) is 4.72. The molecule has 3 heterocycles.